The summed E-state index contributed by atoms with van der Waals surface area (Å²) in [5, 5.41) is 54.7. The van der Waals surface area contributed by atoms with Gasteiger partial charge in [-0.2, -0.15) is 8.42 Å². The van der Waals surface area contributed by atoms with Crippen LogP contribution in [0.25, 0.3) is 0 Å². The highest BCUT2D eigenvalue weighted by atomic mass is 32.3. The third-order valence-corrected chi connectivity index (χ3v) is 9.18. The minimum Gasteiger partial charge on any atom is -0.394 e. The van der Waals surface area contributed by atoms with Gasteiger partial charge in [0.25, 0.3) is 0 Å². The lowest BCUT2D eigenvalue weighted by Crippen LogP contribution is -2.61. The molecule has 8 unspecified atom stereocenters. The second-order valence-corrected chi connectivity index (χ2v) is 14.4. The molecule has 0 saturated carbocycles. The number of nitrogens with one attached hydrogen (secondary N) is 1. The fourth-order valence-corrected chi connectivity index (χ4v) is 6.09. The van der Waals surface area contributed by atoms with E-state index in [0.717, 1.165) is 64.2 Å². The molecule has 1 aliphatic rings. The van der Waals surface area contributed by atoms with Crippen LogP contribution in [0.5, 0.6) is 0 Å². The van der Waals surface area contributed by atoms with Crippen molar-refractivity contribution in [1.82, 2.24) is 5.32 Å². The summed E-state index contributed by atoms with van der Waals surface area (Å²) in [7, 11) is -5.12. The van der Waals surface area contributed by atoms with Crippen LogP contribution in [0.3, 0.4) is 0 Å². The number of carbonyl (C=O) groups excluding carboxylic acids is 1. The molecular formula is C38H67NO12S. The van der Waals surface area contributed by atoms with Crippen LogP contribution < -0.4 is 5.32 Å². The van der Waals surface area contributed by atoms with Crippen LogP contribution in [0.1, 0.15) is 123 Å². The van der Waals surface area contributed by atoms with Crippen molar-refractivity contribution in [2.75, 3.05) is 13.2 Å². The van der Waals surface area contributed by atoms with Gasteiger partial charge in [0.2, 0.25) is 5.91 Å². The third kappa shape index (κ3) is 22.3. The van der Waals surface area contributed by atoms with E-state index < -0.39 is 78.5 Å². The molecule has 1 amide bonds. The van der Waals surface area contributed by atoms with Crippen molar-refractivity contribution in [3.8, 4) is 0 Å². The van der Waals surface area contributed by atoms with Gasteiger partial charge in [0.15, 0.2) is 6.29 Å². The van der Waals surface area contributed by atoms with Crippen molar-refractivity contribution in [2.24, 2.45) is 0 Å². The van der Waals surface area contributed by atoms with Crippen molar-refractivity contribution in [1.29, 1.82) is 0 Å². The Labute approximate surface area is 311 Å². The number of aliphatic hydroxyl groups excluding tert-OH is 5. The molecule has 1 aliphatic heterocycles. The molecule has 13 nitrogen and oxygen atoms in total. The SMILES string of the molecule is CCCCC/C=C\C=C/CCCCCCCC(O)C(=O)NC(COC1OC(CO)C(O)C(OS(=O)(=O)O)C1O)C(O)/C=C/CC/C=C/CCCCC. The normalized spacial score (nSPS) is 23.3. The highest BCUT2D eigenvalue weighted by Crippen LogP contribution is 2.26. The maximum Gasteiger partial charge on any atom is 0.397 e. The van der Waals surface area contributed by atoms with E-state index in [0.29, 0.717) is 12.8 Å². The molecule has 0 aromatic carbocycles. The topological polar surface area (TPSA) is 212 Å². The standard InChI is InChI=1S/C38H67NO12S/c1-3-5-7-9-11-13-14-15-16-17-19-21-23-25-27-32(42)37(45)39-30(31(41)26-24-22-20-18-12-10-8-6-4-2)29-49-38-35(44)36(51-52(46,47)48)34(43)33(28-40)50-38/h11-15,18,24,26,30-36,38,40-44H,3-10,16-17,19-23,25,27-29H2,1-2H3,(H,39,45)(H,46,47,48)/b13-11-,15-14-,18-12+,26-24+. The summed E-state index contributed by atoms with van der Waals surface area (Å²) in [5.41, 5.74) is 0. The first-order valence-electron chi connectivity index (χ1n) is 19.1. The average molecular weight is 762 g/mol. The van der Waals surface area contributed by atoms with E-state index in [9.17, 15) is 38.7 Å². The first-order valence-corrected chi connectivity index (χ1v) is 20.5. The van der Waals surface area contributed by atoms with Gasteiger partial charge in [0, 0.05) is 0 Å². The number of aliphatic hydroxyl groups is 5. The summed E-state index contributed by atoms with van der Waals surface area (Å²) in [4.78, 5) is 13.0. The van der Waals surface area contributed by atoms with E-state index in [4.69, 9.17) is 14.0 Å². The Bertz CT molecular complexity index is 1140. The Morgan fingerprint density at radius 2 is 1.35 bits per heavy atom. The molecule has 0 bridgehead atoms. The largest absolute Gasteiger partial charge is 0.397 e. The van der Waals surface area contributed by atoms with Gasteiger partial charge in [0.05, 0.1) is 25.4 Å². The maximum absolute atomic E-state index is 13.0. The highest BCUT2D eigenvalue weighted by molar-refractivity contribution is 7.80. The van der Waals surface area contributed by atoms with Gasteiger partial charge in [-0.05, 0) is 57.8 Å². The molecule has 7 N–H and O–H groups in total. The van der Waals surface area contributed by atoms with Gasteiger partial charge in [-0.15, -0.1) is 0 Å². The lowest BCUT2D eigenvalue weighted by Gasteiger charge is -2.41. The Morgan fingerprint density at radius 1 is 0.788 bits per heavy atom. The molecule has 0 aromatic rings. The number of amides is 1. The molecule has 1 heterocycles. The maximum atomic E-state index is 13.0. The zero-order chi connectivity index (χ0) is 38.6. The molecule has 1 saturated heterocycles. The van der Waals surface area contributed by atoms with Crippen LogP contribution in [-0.2, 0) is 28.9 Å². The summed E-state index contributed by atoms with van der Waals surface area (Å²) < 4.78 is 47.2. The van der Waals surface area contributed by atoms with Gasteiger partial charge >= 0.3 is 10.4 Å². The van der Waals surface area contributed by atoms with E-state index in [1.165, 1.54) is 31.8 Å². The van der Waals surface area contributed by atoms with Crippen molar-refractivity contribution < 1.29 is 57.0 Å². The van der Waals surface area contributed by atoms with E-state index in [1.807, 2.05) is 0 Å². The summed E-state index contributed by atoms with van der Waals surface area (Å²) in [6.45, 7) is 3.05. The molecule has 1 rings (SSSR count). The molecule has 0 aliphatic carbocycles. The van der Waals surface area contributed by atoms with Crippen LogP contribution in [-0.4, -0.2) is 107 Å². The van der Waals surface area contributed by atoms with Crippen LogP contribution in [0.15, 0.2) is 48.6 Å². The number of allylic oxidation sites excluding steroid dienone is 7. The van der Waals surface area contributed by atoms with Crippen molar-refractivity contribution in [3.05, 3.63) is 48.6 Å². The fourth-order valence-electron chi connectivity index (χ4n) is 5.58. The molecule has 52 heavy (non-hydrogen) atoms. The monoisotopic (exact) mass is 761 g/mol. The molecular weight excluding hydrogens is 694 g/mol. The minimum atomic E-state index is -5.12. The lowest BCUT2D eigenvalue weighted by atomic mass is 9.99. The van der Waals surface area contributed by atoms with Gasteiger partial charge < -0.3 is 40.3 Å². The van der Waals surface area contributed by atoms with Gasteiger partial charge in [-0.3, -0.25) is 9.35 Å². The zero-order valence-electron chi connectivity index (χ0n) is 31.2. The zero-order valence-corrected chi connectivity index (χ0v) is 32.0. The smallest absolute Gasteiger partial charge is 0.394 e. The number of rotatable bonds is 30. The Balaban J connectivity index is 2.72. The molecule has 302 valence electrons. The number of carbonyl (C=O) groups is 1. The van der Waals surface area contributed by atoms with E-state index in [-0.39, 0.29) is 6.42 Å². The lowest BCUT2D eigenvalue weighted by molar-refractivity contribution is -0.298. The second kappa shape index (κ2) is 29.4. The molecule has 14 heteroatoms. The molecule has 1 fully saturated rings. The number of ether oxygens (including phenoxy) is 2. The van der Waals surface area contributed by atoms with Crippen molar-refractivity contribution >= 4 is 16.3 Å². The summed E-state index contributed by atoms with van der Waals surface area (Å²) in [5.74, 6) is -0.731. The number of unbranched alkanes of at least 4 members (excludes halogenated alkanes) is 12. The number of hydrogen-bond donors (Lipinski definition) is 7. The molecule has 0 spiro atoms. The highest BCUT2D eigenvalue weighted by Gasteiger charge is 2.48. The number of hydrogen-bond acceptors (Lipinski definition) is 11. The van der Waals surface area contributed by atoms with E-state index in [2.05, 4.69) is 59.8 Å². The molecule has 0 radical (unpaired) electrons. The van der Waals surface area contributed by atoms with Crippen LogP contribution in [0.4, 0.5) is 0 Å². The minimum absolute atomic E-state index is 0.216. The van der Waals surface area contributed by atoms with Gasteiger partial charge in [-0.1, -0.05) is 114 Å². The Kier molecular flexibility index (Phi) is 27.1. The Morgan fingerprint density at radius 3 is 1.96 bits per heavy atom. The summed E-state index contributed by atoms with van der Waals surface area (Å²) >= 11 is 0. The first kappa shape index (κ1) is 48.0. The average Bonchev–Trinajstić information content (AvgIpc) is 3.11. The Hall–Kier alpha value is -1.98. The fraction of sp³-hybridized carbons (Fsp3) is 0.763. The van der Waals surface area contributed by atoms with Crippen LogP contribution in [0, 0.1) is 0 Å². The predicted molar refractivity (Wildman–Crippen MR) is 200 cm³/mol. The van der Waals surface area contributed by atoms with E-state index >= 15 is 0 Å². The van der Waals surface area contributed by atoms with Gasteiger partial charge in [-0.25, -0.2) is 4.18 Å². The quantitative estimate of drug-likeness (QED) is 0.0229. The second-order valence-electron chi connectivity index (χ2n) is 13.3. The predicted octanol–water partition coefficient (Wildman–Crippen LogP) is 4.73. The molecule has 8 atom stereocenters. The van der Waals surface area contributed by atoms with E-state index in [1.54, 1.807) is 6.08 Å². The van der Waals surface area contributed by atoms with Crippen molar-refractivity contribution in [2.45, 2.75) is 172 Å². The van der Waals surface area contributed by atoms with Crippen LogP contribution in [0.2, 0.25) is 0 Å². The summed E-state index contributed by atoms with van der Waals surface area (Å²) in [6, 6.07) is -1.14. The van der Waals surface area contributed by atoms with Crippen LogP contribution >= 0.6 is 0 Å². The summed E-state index contributed by atoms with van der Waals surface area (Å²) in [6.07, 6.45) is 20.9. The van der Waals surface area contributed by atoms with Gasteiger partial charge in [0.1, 0.15) is 30.5 Å². The third-order valence-electron chi connectivity index (χ3n) is 8.72. The molecule has 0 aromatic heterocycles. The first-order chi connectivity index (χ1) is 24.9. The van der Waals surface area contributed by atoms with Crippen molar-refractivity contribution in [3.63, 3.8) is 0 Å².